The van der Waals surface area contributed by atoms with Gasteiger partial charge in [0.05, 0.1) is 12.6 Å². The highest BCUT2D eigenvalue weighted by atomic mass is 16.3. The van der Waals surface area contributed by atoms with Gasteiger partial charge in [0.15, 0.2) is 0 Å². The topological polar surface area (TPSA) is 54.2 Å². The fourth-order valence-electron chi connectivity index (χ4n) is 2.66. The Balaban J connectivity index is 1.98. The molecule has 0 spiro atoms. The van der Waals surface area contributed by atoms with E-state index in [9.17, 15) is 5.11 Å². The Bertz CT molecular complexity index is 388. The van der Waals surface area contributed by atoms with Crippen molar-refractivity contribution >= 4 is 0 Å². The zero-order chi connectivity index (χ0) is 13.1. The van der Waals surface area contributed by atoms with Gasteiger partial charge in [0.25, 0.3) is 0 Å². The number of hydrogen-bond donors (Lipinski definition) is 1. The van der Waals surface area contributed by atoms with Crippen LogP contribution in [0.1, 0.15) is 38.3 Å². The van der Waals surface area contributed by atoms with Crippen molar-refractivity contribution in [2.75, 3.05) is 13.1 Å². The summed E-state index contributed by atoms with van der Waals surface area (Å²) in [4.78, 5) is 2.37. The first kappa shape index (κ1) is 13.5. The van der Waals surface area contributed by atoms with Crippen molar-refractivity contribution < 1.29 is 5.11 Å². The lowest BCUT2D eigenvalue weighted by Gasteiger charge is -2.17. The minimum Gasteiger partial charge on any atom is -0.393 e. The van der Waals surface area contributed by atoms with Gasteiger partial charge in [-0.1, -0.05) is 6.92 Å². The molecule has 2 unspecified atom stereocenters. The Morgan fingerprint density at radius 2 is 2.22 bits per heavy atom. The smallest absolute Gasteiger partial charge is 0.147 e. The van der Waals surface area contributed by atoms with Gasteiger partial charge in [0.2, 0.25) is 0 Å². The summed E-state index contributed by atoms with van der Waals surface area (Å²) in [5.74, 6) is 2.47. The Morgan fingerprint density at radius 3 is 2.83 bits per heavy atom. The number of nitrogens with zero attached hydrogens (tertiary/aromatic N) is 4. The second kappa shape index (κ2) is 5.80. The lowest BCUT2D eigenvalue weighted by Crippen LogP contribution is -2.25. The molecule has 0 amide bonds. The number of rotatable bonds is 5. The first-order valence-electron chi connectivity index (χ1n) is 6.91. The summed E-state index contributed by atoms with van der Waals surface area (Å²) in [5.41, 5.74) is 0. The normalized spacial score (nSPS) is 22.6. The molecular weight excluding hydrogens is 228 g/mol. The molecule has 5 nitrogen and oxygen atoms in total. The van der Waals surface area contributed by atoms with Crippen molar-refractivity contribution in [2.24, 2.45) is 5.92 Å². The summed E-state index contributed by atoms with van der Waals surface area (Å²) < 4.78 is 2.20. The summed E-state index contributed by atoms with van der Waals surface area (Å²) in [7, 11) is 0. The minimum atomic E-state index is -0.203. The number of hydrogen-bond acceptors (Lipinski definition) is 4. The molecule has 1 aliphatic rings. The van der Waals surface area contributed by atoms with E-state index in [0.29, 0.717) is 5.92 Å². The number of aromatic nitrogens is 3. The largest absolute Gasteiger partial charge is 0.393 e. The molecule has 1 aromatic rings. The maximum atomic E-state index is 9.62. The van der Waals surface area contributed by atoms with Gasteiger partial charge in [0, 0.05) is 13.1 Å². The lowest BCUT2D eigenvalue weighted by atomic mass is 10.0. The second-order valence-corrected chi connectivity index (χ2v) is 5.34. The molecule has 2 rings (SSSR count). The van der Waals surface area contributed by atoms with E-state index in [-0.39, 0.29) is 6.10 Å². The zero-order valence-electron chi connectivity index (χ0n) is 11.6. The van der Waals surface area contributed by atoms with Crippen LogP contribution in [0.5, 0.6) is 0 Å². The first-order valence-corrected chi connectivity index (χ1v) is 6.91. The lowest BCUT2D eigenvalue weighted by molar-refractivity contribution is 0.126. The van der Waals surface area contributed by atoms with E-state index in [2.05, 4.69) is 26.6 Å². The number of aliphatic hydroxyl groups is 1. The summed E-state index contributed by atoms with van der Waals surface area (Å²) >= 11 is 0. The Labute approximate surface area is 109 Å². The van der Waals surface area contributed by atoms with Crippen LogP contribution < -0.4 is 0 Å². The summed E-state index contributed by atoms with van der Waals surface area (Å²) in [6.45, 7) is 9.92. The predicted octanol–water partition coefficient (Wildman–Crippen LogP) is 1.20. The molecule has 1 fully saturated rings. The number of aliphatic hydroxyl groups excluding tert-OH is 1. The van der Waals surface area contributed by atoms with Crippen molar-refractivity contribution in [3.63, 3.8) is 0 Å². The average molecular weight is 252 g/mol. The molecule has 0 saturated carbocycles. The summed E-state index contributed by atoms with van der Waals surface area (Å²) in [6, 6.07) is 0. The van der Waals surface area contributed by atoms with Crippen molar-refractivity contribution in [2.45, 2.75) is 52.8 Å². The van der Waals surface area contributed by atoms with Crippen molar-refractivity contribution in [3.8, 4) is 0 Å². The molecule has 1 N–H and O–H groups in total. The number of aryl methyl sites for hydroxylation is 1. The quantitative estimate of drug-likeness (QED) is 0.855. The van der Waals surface area contributed by atoms with Crippen LogP contribution in [0.4, 0.5) is 0 Å². The molecule has 102 valence electrons. The molecule has 5 heteroatoms. The maximum Gasteiger partial charge on any atom is 0.147 e. The summed E-state index contributed by atoms with van der Waals surface area (Å²) in [6.07, 6.45) is 1.98. The van der Waals surface area contributed by atoms with Crippen LogP contribution in [0.25, 0.3) is 0 Å². The van der Waals surface area contributed by atoms with Gasteiger partial charge in [-0.3, -0.25) is 4.90 Å². The molecule has 0 aliphatic carbocycles. The monoisotopic (exact) mass is 252 g/mol. The zero-order valence-corrected chi connectivity index (χ0v) is 11.6. The molecule has 1 saturated heterocycles. The molecule has 18 heavy (non-hydrogen) atoms. The fraction of sp³-hybridized carbons (Fsp3) is 0.846. The SMILES string of the molecule is CCCn1c(C)nnc1CN1CCC(C(C)O)C1. The van der Waals surface area contributed by atoms with Crippen LogP contribution in [-0.2, 0) is 13.1 Å². The second-order valence-electron chi connectivity index (χ2n) is 5.34. The average Bonchev–Trinajstić information content (AvgIpc) is 2.91. The van der Waals surface area contributed by atoms with Crippen LogP contribution in [0, 0.1) is 12.8 Å². The standard InChI is InChI=1S/C13H24N4O/c1-4-6-17-11(3)14-15-13(17)9-16-7-5-12(8-16)10(2)18/h10,12,18H,4-9H2,1-3H3. The first-order chi connectivity index (χ1) is 8.61. The third-order valence-electron chi connectivity index (χ3n) is 3.82. The van der Waals surface area contributed by atoms with Crippen LogP contribution >= 0.6 is 0 Å². The van der Waals surface area contributed by atoms with Crippen LogP contribution in [-0.4, -0.2) is 44.0 Å². The van der Waals surface area contributed by atoms with Crippen LogP contribution in [0.2, 0.25) is 0 Å². The van der Waals surface area contributed by atoms with Gasteiger partial charge in [-0.25, -0.2) is 0 Å². The third-order valence-corrected chi connectivity index (χ3v) is 3.82. The molecule has 2 heterocycles. The molecule has 1 aliphatic heterocycles. The molecule has 1 aromatic heterocycles. The van der Waals surface area contributed by atoms with Gasteiger partial charge in [-0.05, 0) is 39.2 Å². The maximum absolute atomic E-state index is 9.62. The Morgan fingerprint density at radius 1 is 1.44 bits per heavy atom. The Hall–Kier alpha value is -0.940. The molecular formula is C13H24N4O. The van der Waals surface area contributed by atoms with Gasteiger partial charge in [-0.2, -0.15) is 0 Å². The third kappa shape index (κ3) is 2.90. The van der Waals surface area contributed by atoms with Gasteiger partial charge >= 0.3 is 0 Å². The van der Waals surface area contributed by atoms with Crippen LogP contribution in [0.3, 0.4) is 0 Å². The predicted molar refractivity (Wildman–Crippen MR) is 70.1 cm³/mol. The van der Waals surface area contributed by atoms with E-state index in [1.165, 1.54) is 0 Å². The van der Waals surface area contributed by atoms with Gasteiger partial charge in [0.1, 0.15) is 11.6 Å². The van der Waals surface area contributed by atoms with E-state index in [0.717, 1.165) is 50.7 Å². The van der Waals surface area contributed by atoms with Crippen molar-refractivity contribution in [1.82, 2.24) is 19.7 Å². The molecule has 0 radical (unpaired) electrons. The highest BCUT2D eigenvalue weighted by molar-refractivity contribution is 4.95. The van der Waals surface area contributed by atoms with Gasteiger partial charge < -0.3 is 9.67 Å². The van der Waals surface area contributed by atoms with Crippen LogP contribution in [0.15, 0.2) is 0 Å². The molecule has 2 atom stereocenters. The van der Waals surface area contributed by atoms with E-state index in [4.69, 9.17) is 0 Å². The minimum absolute atomic E-state index is 0.203. The molecule has 0 aromatic carbocycles. The fourth-order valence-corrected chi connectivity index (χ4v) is 2.66. The molecule has 0 bridgehead atoms. The highest BCUT2D eigenvalue weighted by Crippen LogP contribution is 2.21. The van der Waals surface area contributed by atoms with E-state index in [1.54, 1.807) is 0 Å². The van der Waals surface area contributed by atoms with E-state index < -0.39 is 0 Å². The van der Waals surface area contributed by atoms with Crippen molar-refractivity contribution in [3.05, 3.63) is 11.6 Å². The Kier molecular flexibility index (Phi) is 4.35. The van der Waals surface area contributed by atoms with Crippen molar-refractivity contribution in [1.29, 1.82) is 0 Å². The number of likely N-dealkylation sites (tertiary alicyclic amines) is 1. The van der Waals surface area contributed by atoms with E-state index >= 15 is 0 Å². The highest BCUT2D eigenvalue weighted by Gasteiger charge is 2.26. The summed E-state index contributed by atoms with van der Waals surface area (Å²) in [5, 5.41) is 18.1. The van der Waals surface area contributed by atoms with Gasteiger partial charge in [-0.15, -0.1) is 10.2 Å². The van der Waals surface area contributed by atoms with E-state index in [1.807, 2.05) is 13.8 Å².